The lowest BCUT2D eigenvalue weighted by Crippen LogP contribution is -2.13. The topological polar surface area (TPSA) is 54.0 Å². The van der Waals surface area contributed by atoms with Crippen molar-refractivity contribution in [2.45, 2.75) is 6.92 Å². The van der Waals surface area contributed by atoms with Gasteiger partial charge in [-0.1, -0.05) is 18.2 Å². The maximum Gasteiger partial charge on any atom is 0.255 e. The number of hydrogen-bond donors (Lipinski definition) is 2. The van der Waals surface area contributed by atoms with Crippen LogP contribution in [0.2, 0.25) is 0 Å². The van der Waals surface area contributed by atoms with Gasteiger partial charge in [-0.05, 0) is 30.7 Å². The van der Waals surface area contributed by atoms with Crippen molar-refractivity contribution in [3.63, 3.8) is 0 Å². The summed E-state index contributed by atoms with van der Waals surface area (Å²) in [5, 5.41) is 5.79. The van der Waals surface area contributed by atoms with Crippen LogP contribution in [0.1, 0.15) is 15.9 Å². The summed E-state index contributed by atoms with van der Waals surface area (Å²) in [6.07, 6.45) is 1.61. The Bertz CT molecular complexity index is 566. The Balaban J connectivity index is 2.19. The van der Waals surface area contributed by atoms with Crippen molar-refractivity contribution < 1.29 is 4.79 Å². The highest BCUT2D eigenvalue weighted by Gasteiger charge is 2.08. The van der Waals surface area contributed by atoms with Crippen molar-refractivity contribution >= 4 is 17.4 Å². The second-order valence-corrected chi connectivity index (χ2v) is 3.95. The van der Waals surface area contributed by atoms with Crippen molar-refractivity contribution in [2.75, 3.05) is 17.7 Å². The molecule has 0 aliphatic carbocycles. The van der Waals surface area contributed by atoms with Gasteiger partial charge in [0.15, 0.2) is 0 Å². The lowest BCUT2D eigenvalue weighted by molar-refractivity contribution is 0.102. The predicted octanol–water partition coefficient (Wildman–Crippen LogP) is 2.68. The predicted molar refractivity (Wildman–Crippen MR) is 72.9 cm³/mol. The summed E-state index contributed by atoms with van der Waals surface area (Å²) >= 11 is 0. The molecule has 0 atom stereocenters. The van der Waals surface area contributed by atoms with Crippen LogP contribution in [-0.4, -0.2) is 17.9 Å². The molecule has 0 bridgehead atoms. The largest absolute Gasteiger partial charge is 0.373 e. The van der Waals surface area contributed by atoms with Crippen molar-refractivity contribution in [2.24, 2.45) is 0 Å². The summed E-state index contributed by atoms with van der Waals surface area (Å²) in [5.74, 6) is 0.538. The number of benzene rings is 1. The summed E-state index contributed by atoms with van der Waals surface area (Å²) in [7, 11) is 1.77. The lowest BCUT2D eigenvalue weighted by atomic mass is 10.2. The SMILES string of the molecule is CNc1cc(C(=O)Nc2ccccc2C)ccn1. The molecule has 1 amide bonds. The van der Waals surface area contributed by atoms with Gasteiger partial charge in [0.25, 0.3) is 5.91 Å². The molecule has 4 heteroatoms. The Hall–Kier alpha value is -2.36. The van der Waals surface area contributed by atoms with Gasteiger partial charge >= 0.3 is 0 Å². The van der Waals surface area contributed by atoms with Gasteiger partial charge in [0.05, 0.1) is 0 Å². The van der Waals surface area contributed by atoms with Crippen LogP contribution in [0, 0.1) is 6.92 Å². The van der Waals surface area contributed by atoms with Crippen molar-refractivity contribution in [1.82, 2.24) is 4.98 Å². The van der Waals surface area contributed by atoms with Gasteiger partial charge in [0, 0.05) is 24.5 Å². The van der Waals surface area contributed by atoms with E-state index in [4.69, 9.17) is 0 Å². The third kappa shape index (κ3) is 2.66. The first-order chi connectivity index (χ1) is 8.70. The monoisotopic (exact) mass is 241 g/mol. The van der Waals surface area contributed by atoms with E-state index in [-0.39, 0.29) is 5.91 Å². The molecule has 0 spiro atoms. The highest BCUT2D eigenvalue weighted by molar-refractivity contribution is 6.04. The van der Waals surface area contributed by atoms with Crippen molar-refractivity contribution in [3.8, 4) is 0 Å². The molecule has 0 fully saturated rings. The summed E-state index contributed by atoms with van der Waals surface area (Å²) in [6.45, 7) is 1.96. The van der Waals surface area contributed by atoms with E-state index < -0.39 is 0 Å². The number of aromatic nitrogens is 1. The van der Waals surface area contributed by atoms with E-state index in [0.717, 1.165) is 11.3 Å². The van der Waals surface area contributed by atoms with Gasteiger partial charge in [-0.15, -0.1) is 0 Å². The molecule has 18 heavy (non-hydrogen) atoms. The highest BCUT2D eigenvalue weighted by Crippen LogP contribution is 2.15. The number of nitrogens with one attached hydrogen (secondary N) is 2. The Morgan fingerprint density at radius 1 is 1.22 bits per heavy atom. The van der Waals surface area contributed by atoms with Crippen LogP contribution in [0.4, 0.5) is 11.5 Å². The van der Waals surface area contributed by atoms with E-state index in [1.165, 1.54) is 0 Å². The molecule has 0 saturated heterocycles. The standard InChI is InChI=1S/C14H15N3O/c1-10-5-3-4-6-12(10)17-14(18)11-7-8-16-13(9-11)15-2/h3-9H,1-2H3,(H,15,16)(H,17,18). The fourth-order valence-electron chi connectivity index (χ4n) is 1.62. The van der Waals surface area contributed by atoms with Crippen LogP contribution in [0.3, 0.4) is 0 Å². The highest BCUT2D eigenvalue weighted by atomic mass is 16.1. The number of carbonyl (C=O) groups is 1. The van der Waals surface area contributed by atoms with E-state index in [0.29, 0.717) is 11.4 Å². The first-order valence-corrected chi connectivity index (χ1v) is 5.71. The first kappa shape index (κ1) is 12.1. The third-order valence-electron chi connectivity index (χ3n) is 2.67. The minimum absolute atomic E-state index is 0.136. The van der Waals surface area contributed by atoms with Crippen LogP contribution >= 0.6 is 0 Å². The molecular weight excluding hydrogens is 226 g/mol. The second kappa shape index (κ2) is 5.31. The molecule has 2 rings (SSSR count). The number of amides is 1. The summed E-state index contributed by atoms with van der Waals surface area (Å²) in [5.41, 5.74) is 2.44. The Morgan fingerprint density at radius 2 is 2.00 bits per heavy atom. The van der Waals surface area contributed by atoms with Gasteiger partial charge in [-0.25, -0.2) is 4.98 Å². The Morgan fingerprint density at radius 3 is 2.72 bits per heavy atom. The number of pyridine rings is 1. The molecule has 2 aromatic rings. The minimum Gasteiger partial charge on any atom is -0.373 e. The lowest BCUT2D eigenvalue weighted by Gasteiger charge is -2.08. The van der Waals surface area contributed by atoms with Crippen molar-refractivity contribution in [1.29, 1.82) is 0 Å². The maximum atomic E-state index is 12.1. The van der Waals surface area contributed by atoms with Gasteiger partial charge in [-0.3, -0.25) is 4.79 Å². The molecule has 0 unspecified atom stereocenters. The summed E-state index contributed by atoms with van der Waals surface area (Å²) < 4.78 is 0. The van der Waals surface area contributed by atoms with Gasteiger partial charge in [0.2, 0.25) is 0 Å². The molecular formula is C14H15N3O. The van der Waals surface area contributed by atoms with Crippen LogP contribution in [0.25, 0.3) is 0 Å². The molecule has 0 radical (unpaired) electrons. The Labute approximate surface area is 106 Å². The number of anilines is 2. The smallest absolute Gasteiger partial charge is 0.255 e. The molecule has 0 aliphatic heterocycles. The molecule has 1 aromatic heterocycles. The molecule has 0 saturated carbocycles. The van der Waals surface area contributed by atoms with Crippen molar-refractivity contribution in [3.05, 3.63) is 53.7 Å². The molecule has 92 valence electrons. The second-order valence-electron chi connectivity index (χ2n) is 3.95. The molecule has 1 aromatic carbocycles. The number of para-hydroxylation sites is 1. The van der Waals surface area contributed by atoms with Crippen LogP contribution in [0.15, 0.2) is 42.6 Å². The number of carbonyl (C=O) groups excluding carboxylic acids is 1. The Kier molecular flexibility index (Phi) is 3.57. The fraction of sp³-hybridized carbons (Fsp3) is 0.143. The molecule has 2 N–H and O–H groups in total. The number of nitrogens with zero attached hydrogens (tertiary/aromatic N) is 1. The van der Waals surface area contributed by atoms with Crippen LogP contribution in [-0.2, 0) is 0 Å². The zero-order valence-electron chi connectivity index (χ0n) is 10.4. The number of hydrogen-bond acceptors (Lipinski definition) is 3. The van der Waals surface area contributed by atoms with E-state index >= 15 is 0 Å². The van der Waals surface area contributed by atoms with Crippen LogP contribution < -0.4 is 10.6 Å². The average molecular weight is 241 g/mol. The van der Waals surface area contributed by atoms with Gasteiger partial charge in [-0.2, -0.15) is 0 Å². The third-order valence-corrected chi connectivity index (χ3v) is 2.67. The molecule has 4 nitrogen and oxygen atoms in total. The normalized spacial score (nSPS) is 9.89. The summed E-state index contributed by atoms with van der Waals surface area (Å²) in [4.78, 5) is 16.1. The van der Waals surface area contributed by atoms with E-state index in [9.17, 15) is 4.79 Å². The number of aryl methyl sites for hydroxylation is 1. The minimum atomic E-state index is -0.136. The molecule has 0 aliphatic rings. The maximum absolute atomic E-state index is 12.1. The fourth-order valence-corrected chi connectivity index (χ4v) is 1.62. The first-order valence-electron chi connectivity index (χ1n) is 5.71. The van der Waals surface area contributed by atoms with Crippen LogP contribution in [0.5, 0.6) is 0 Å². The van der Waals surface area contributed by atoms with Gasteiger partial charge in [0.1, 0.15) is 5.82 Å². The van der Waals surface area contributed by atoms with E-state index in [1.807, 2.05) is 31.2 Å². The van der Waals surface area contributed by atoms with E-state index in [1.54, 1.807) is 25.4 Å². The van der Waals surface area contributed by atoms with E-state index in [2.05, 4.69) is 15.6 Å². The zero-order valence-corrected chi connectivity index (χ0v) is 10.4. The molecule has 1 heterocycles. The quantitative estimate of drug-likeness (QED) is 0.868. The zero-order chi connectivity index (χ0) is 13.0. The average Bonchev–Trinajstić information content (AvgIpc) is 2.41. The van der Waals surface area contributed by atoms with Gasteiger partial charge < -0.3 is 10.6 Å². The summed E-state index contributed by atoms with van der Waals surface area (Å²) in [6, 6.07) is 11.1. The number of rotatable bonds is 3.